The van der Waals surface area contributed by atoms with Crippen molar-refractivity contribution in [2.75, 3.05) is 0 Å². The summed E-state index contributed by atoms with van der Waals surface area (Å²) >= 11 is 0. The number of rotatable bonds is 1. The molecule has 1 heterocycles. The van der Waals surface area contributed by atoms with Gasteiger partial charge in [0.25, 0.3) is 0 Å². The van der Waals surface area contributed by atoms with Crippen molar-refractivity contribution in [1.29, 1.82) is 0 Å². The van der Waals surface area contributed by atoms with Crippen LogP contribution in [-0.2, 0) is 0 Å². The van der Waals surface area contributed by atoms with Gasteiger partial charge < -0.3 is 5.11 Å². The van der Waals surface area contributed by atoms with Crippen LogP contribution in [0.15, 0.2) is 36.5 Å². The maximum absolute atomic E-state index is 9.19. The van der Waals surface area contributed by atoms with Crippen LogP contribution in [-0.4, -0.2) is 15.1 Å². The lowest BCUT2D eigenvalue weighted by Gasteiger charge is -2.00. The Balaban J connectivity index is 2.49. The molecule has 0 radical (unpaired) electrons. The molecule has 2 rings (SSSR count). The maximum Gasteiger partial charge on any atom is 0.214 e. The van der Waals surface area contributed by atoms with E-state index < -0.39 is 0 Å². The molecule has 0 aliphatic heterocycles. The summed E-state index contributed by atoms with van der Waals surface area (Å²) in [6.45, 7) is 2.01. The molecule has 0 aliphatic carbocycles. The molecule has 0 fully saturated rings. The van der Waals surface area contributed by atoms with Crippen molar-refractivity contribution in [2.45, 2.75) is 6.92 Å². The Morgan fingerprint density at radius 3 is 2.79 bits per heavy atom. The lowest BCUT2D eigenvalue weighted by atomic mass is 10.1. The maximum atomic E-state index is 9.19. The Morgan fingerprint density at radius 2 is 2.07 bits per heavy atom. The van der Waals surface area contributed by atoms with Gasteiger partial charge in [0, 0.05) is 17.8 Å². The molecular formula is C11H10N2O. The van der Waals surface area contributed by atoms with Gasteiger partial charge in [-0.05, 0) is 13.0 Å². The second-order valence-corrected chi connectivity index (χ2v) is 3.11. The van der Waals surface area contributed by atoms with E-state index in [2.05, 4.69) is 9.97 Å². The first-order valence-electron chi connectivity index (χ1n) is 4.35. The monoisotopic (exact) mass is 186 g/mol. The molecule has 0 amide bonds. The van der Waals surface area contributed by atoms with Crippen LogP contribution in [0.1, 0.15) is 5.56 Å². The fourth-order valence-electron chi connectivity index (χ4n) is 1.27. The van der Waals surface area contributed by atoms with Gasteiger partial charge in [-0.25, -0.2) is 4.98 Å². The Hall–Kier alpha value is -1.90. The van der Waals surface area contributed by atoms with Gasteiger partial charge in [0.2, 0.25) is 5.88 Å². The highest BCUT2D eigenvalue weighted by Gasteiger charge is 2.01. The standard InChI is InChI=1S/C11H10N2O/c1-8-3-2-4-9(7-8)11-12-6-5-10(14)13-11/h2-7H,1H3,(H,12,13,14). The first-order valence-corrected chi connectivity index (χ1v) is 4.35. The summed E-state index contributed by atoms with van der Waals surface area (Å²) in [5.74, 6) is 0.546. The van der Waals surface area contributed by atoms with Gasteiger partial charge in [-0.15, -0.1) is 0 Å². The van der Waals surface area contributed by atoms with Crippen LogP contribution in [0.3, 0.4) is 0 Å². The summed E-state index contributed by atoms with van der Waals surface area (Å²) in [7, 11) is 0. The Kier molecular flexibility index (Phi) is 2.14. The van der Waals surface area contributed by atoms with Crippen LogP contribution < -0.4 is 0 Å². The van der Waals surface area contributed by atoms with E-state index in [1.54, 1.807) is 6.20 Å². The normalized spacial score (nSPS) is 10.1. The summed E-state index contributed by atoms with van der Waals surface area (Å²) in [5.41, 5.74) is 2.07. The highest BCUT2D eigenvalue weighted by atomic mass is 16.3. The molecule has 14 heavy (non-hydrogen) atoms. The van der Waals surface area contributed by atoms with Gasteiger partial charge in [0.05, 0.1) is 0 Å². The number of aromatic hydroxyl groups is 1. The zero-order valence-electron chi connectivity index (χ0n) is 7.81. The number of hydrogen-bond acceptors (Lipinski definition) is 3. The Labute approximate surface area is 82.1 Å². The molecule has 0 aliphatic rings. The van der Waals surface area contributed by atoms with E-state index in [9.17, 15) is 5.11 Å². The predicted molar refractivity (Wildman–Crippen MR) is 53.9 cm³/mol. The third-order valence-electron chi connectivity index (χ3n) is 1.92. The number of nitrogens with zero attached hydrogens (tertiary/aromatic N) is 2. The van der Waals surface area contributed by atoms with E-state index >= 15 is 0 Å². The quantitative estimate of drug-likeness (QED) is 0.742. The Bertz CT molecular complexity index is 411. The van der Waals surface area contributed by atoms with Gasteiger partial charge >= 0.3 is 0 Å². The van der Waals surface area contributed by atoms with Crippen molar-refractivity contribution in [2.24, 2.45) is 0 Å². The van der Waals surface area contributed by atoms with Gasteiger partial charge in [-0.1, -0.05) is 23.8 Å². The van der Waals surface area contributed by atoms with Crippen molar-refractivity contribution in [3.8, 4) is 17.3 Å². The summed E-state index contributed by atoms with van der Waals surface area (Å²) < 4.78 is 0. The fraction of sp³-hybridized carbons (Fsp3) is 0.0909. The van der Waals surface area contributed by atoms with Gasteiger partial charge in [-0.2, -0.15) is 4.98 Å². The molecule has 0 saturated heterocycles. The summed E-state index contributed by atoms with van der Waals surface area (Å²) in [6.07, 6.45) is 1.54. The summed E-state index contributed by atoms with van der Waals surface area (Å²) in [6, 6.07) is 9.31. The van der Waals surface area contributed by atoms with E-state index in [1.165, 1.54) is 6.07 Å². The average Bonchev–Trinajstić information content (AvgIpc) is 2.18. The van der Waals surface area contributed by atoms with Crippen LogP contribution >= 0.6 is 0 Å². The third kappa shape index (κ3) is 1.71. The van der Waals surface area contributed by atoms with Gasteiger partial charge in [0.1, 0.15) is 0 Å². The molecule has 1 aromatic heterocycles. The number of aryl methyl sites for hydroxylation is 1. The SMILES string of the molecule is Cc1cccc(-c2nccc(O)n2)c1. The average molecular weight is 186 g/mol. The molecule has 1 N–H and O–H groups in total. The zero-order chi connectivity index (χ0) is 9.97. The molecule has 1 aromatic carbocycles. The topological polar surface area (TPSA) is 46.0 Å². The van der Waals surface area contributed by atoms with Gasteiger partial charge in [0.15, 0.2) is 5.82 Å². The fourth-order valence-corrected chi connectivity index (χ4v) is 1.27. The van der Waals surface area contributed by atoms with E-state index in [1.807, 2.05) is 31.2 Å². The summed E-state index contributed by atoms with van der Waals surface area (Å²) in [4.78, 5) is 8.01. The first-order chi connectivity index (χ1) is 6.75. The zero-order valence-corrected chi connectivity index (χ0v) is 7.81. The molecule has 70 valence electrons. The third-order valence-corrected chi connectivity index (χ3v) is 1.92. The van der Waals surface area contributed by atoms with Crippen molar-refractivity contribution in [3.63, 3.8) is 0 Å². The van der Waals surface area contributed by atoms with E-state index in [0.29, 0.717) is 5.82 Å². The van der Waals surface area contributed by atoms with Crippen LogP contribution in [0.4, 0.5) is 0 Å². The van der Waals surface area contributed by atoms with E-state index in [0.717, 1.165) is 11.1 Å². The smallest absolute Gasteiger partial charge is 0.214 e. The van der Waals surface area contributed by atoms with E-state index in [-0.39, 0.29) is 5.88 Å². The Morgan fingerprint density at radius 1 is 1.21 bits per heavy atom. The van der Waals surface area contributed by atoms with Crippen molar-refractivity contribution < 1.29 is 5.11 Å². The largest absolute Gasteiger partial charge is 0.493 e. The molecule has 0 bridgehead atoms. The second kappa shape index (κ2) is 3.46. The first kappa shape index (κ1) is 8.69. The van der Waals surface area contributed by atoms with Crippen LogP contribution in [0.25, 0.3) is 11.4 Å². The lowest BCUT2D eigenvalue weighted by Crippen LogP contribution is -1.87. The molecule has 0 saturated carbocycles. The van der Waals surface area contributed by atoms with Crippen LogP contribution in [0.2, 0.25) is 0 Å². The molecule has 3 heteroatoms. The minimum atomic E-state index is -0.00324. The number of benzene rings is 1. The van der Waals surface area contributed by atoms with Crippen molar-refractivity contribution in [3.05, 3.63) is 42.1 Å². The lowest BCUT2D eigenvalue weighted by molar-refractivity contribution is 0.453. The molecule has 0 spiro atoms. The van der Waals surface area contributed by atoms with Crippen molar-refractivity contribution >= 4 is 0 Å². The second-order valence-electron chi connectivity index (χ2n) is 3.11. The van der Waals surface area contributed by atoms with E-state index in [4.69, 9.17) is 0 Å². The molecule has 0 unspecified atom stereocenters. The molecule has 2 aromatic rings. The predicted octanol–water partition coefficient (Wildman–Crippen LogP) is 2.16. The molecular weight excluding hydrogens is 176 g/mol. The number of aromatic nitrogens is 2. The molecule has 3 nitrogen and oxygen atoms in total. The minimum absolute atomic E-state index is 0.00324. The van der Waals surface area contributed by atoms with Crippen LogP contribution in [0, 0.1) is 6.92 Å². The highest BCUT2D eigenvalue weighted by Crippen LogP contribution is 2.17. The number of hydrogen-bond donors (Lipinski definition) is 1. The minimum Gasteiger partial charge on any atom is -0.493 e. The highest BCUT2D eigenvalue weighted by molar-refractivity contribution is 5.56. The van der Waals surface area contributed by atoms with Gasteiger partial charge in [-0.3, -0.25) is 0 Å². The summed E-state index contributed by atoms with van der Waals surface area (Å²) in [5, 5.41) is 9.19. The van der Waals surface area contributed by atoms with Crippen molar-refractivity contribution in [1.82, 2.24) is 9.97 Å². The molecule has 0 atom stereocenters. The van der Waals surface area contributed by atoms with Crippen LogP contribution in [0.5, 0.6) is 5.88 Å².